The molecule has 132 valence electrons. The fourth-order valence-corrected chi connectivity index (χ4v) is 2.23. The molecule has 0 spiro atoms. The molecule has 0 saturated heterocycles. The highest BCUT2D eigenvalue weighted by Gasteiger charge is 2.18. The van der Waals surface area contributed by atoms with Gasteiger partial charge in [-0.1, -0.05) is 11.6 Å². The molecule has 0 heterocycles. The van der Waals surface area contributed by atoms with E-state index in [-0.39, 0.29) is 5.91 Å². The number of carbonyl (C=O) groups is 2. The first-order valence-electron chi connectivity index (χ1n) is 7.40. The van der Waals surface area contributed by atoms with Crippen molar-refractivity contribution in [2.75, 3.05) is 27.8 Å². The Kier molecular flexibility index (Phi) is 7.58. The van der Waals surface area contributed by atoms with Crippen molar-refractivity contribution in [2.24, 2.45) is 0 Å². The predicted octanol–water partition coefficient (Wildman–Crippen LogP) is 2.78. The number of hydrogen-bond donors (Lipinski definition) is 0. The number of esters is 1. The van der Waals surface area contributed by atoms with Crippen LogP contribution in [0, 0.1) is 0 Å². The van der Waals surface area contributed by atoms with Crippen LogP contribution in [0.1, 0.15) is 19.4 Å². The van der Waals surface area contributed by atoms with Gasteiger partial charge in [-0.2, -0.15) is 0 Å². The number of benzene rings is 1. The van der Waals surface area contributed by atoms with Crippen molar-refractivity contribution < 1.29 is 23.8 Å². The van der Waals surface area contributed by atoms with Crippen LogP contribution in [0.5, 0.6) is 11.5 Å². The van der Waals surface area contributed by atoms with E-state index in [9.17, 15) is 9.59 Å². The summed E-state index contributed by atoms with van der Waals surface area (Å²) in [5, 5.41) is 0.368. The summed E-state index contributed by atoms with van der Waals surface area (Å²) in [7, 11) is 4.69. The lowest BCUT2D eigenvalue weighted by molar-refractivity contribution is -0.153. The van der Waals surface area contributed by atoms with Crippen molar-refractivity contribution in [3.05, 3.63) is 28.8 Å². The molecule has 0 saturated carbocycles. The van der Waals surface area contributed by atoms with Gasteiger partial charge in [-0.25, -0.2) is 4.79 Å². The van der Waals surface area contributed by atoms with E-state index in [0.29, 0.717) is 28.7 Å². The van der Waals surface area contributed by atoms with E-state index < -0.39 is 12.1 Å². The number of halogens is 1. The predicted molar refractivity (Wildman–Crippen MR) is 92.5 cm³/mol. The van der Waals surface area contributed by atoms with Crippen molar-refractivity contribution in [2.45, 2.75) is 20.0 Å². The molecule has 24 heavy (non-hydrogen) atoms. The second-order valence-corrected chi connectivity index (χ2v) is 5.52. The lowest BCUT2D eigenvalue weighted by Gasteiger charge is -2.16. The first-order chi connectivity index (χ1) is 11.3. The molecule has 0 N–H and O–H groups in total. The van der Waals surface area contributed by atoms with Gasteiger partial charge in [0.05, 0.1) is 18.7 Å². The average molecular weight is 356 g/mol. The van der Waals surface area contributed by atoms with Crippen molar-refractivity contribution in [1.29, 1.82) is 0 Å². The van der Waals surface area contributed by atoms with Gasteiger partial charge in [0.2, 0.25) is 0 Å². The van der Waals surface area contributed by atoms with E-state index >= 15 is 0 Å². The average Bonchev–Trinajstić information content (AvgIpc) is 2.52. The molecular weight excluding hydrogens is 334 g/mol. The molecule has 1 aromatic rings. The maximum atomic E-state index is 11.8. The van der Waals surface area contributed by atoms with Crippen molar-refractivity contribution in [1.82, 2.24) is 4.90 Å². The highest BCUT2D eigenvalue weighted by Crippen LogP contribution is 2.36. The summed E-state index contributed by atoms with van der Waals surface area (Å²) < 4.78 is 15.7. The van der Waals surface area contributed by atoms with Crippen LogP contribution in [-0.2, 0) is 14.3 Å². The monoisotopic (exact) mass is 355 g/mol. The first-order valence-corrected chi connectivity index (χ1v) is 7.78. The third-order valence-electron chi connectivity index (χ3n) is 3.03. The standard InChI is InChI=1S/C17H22ClNO5/c1-6-23-14-10-12(9-13(18)16(14)22-5)7-8-15(20)24-11(2)17(21)19(3)4/h7-11H,6H2,1-5H3/b8-7+/t11-/m0/s1. The number of ether oxygens (including phenoxy) is 3. The number of rotatable bonds is 7. The molecule has 1 aromatic carbocycles. The van der Waals surface area contributed by atoms with Crippen molar-refractivity contribution in [3.8, 4) is 11.5 Å². The number of amides is 1. The Balaban J connectivity index is 2.86. The summed E-state index contributed by atoms with van der Waals surface area (Å²) in [6.07, 6.45) is 1.91. The van der Waals surface area contributed by atoms with Gasteiger partial charge in [0.15, 0.2) is 17.6 Å². The van der Waals surface area contributed by atoms with Gasteiger partial charge in [0.1, 0.15) is 0 Å². The number of hydrogen-bond acceptors (Lipinski definition) is 5. The normalized spacial score (nSPS) is 11.9. The summed E-state index contributed by atoms with van der Waals surface area (Å²) in [5.41, 5.74) is 0.646. The van der Waals surface area contributed by atoms with Crippen LogP contribution in [0.2, 0.25) is 5.02 Å². The third kappa shape index (κ3) is 5.45. The van der Waals surface area contributed by atoms with Gasteiger partial charge in [-0.3, -0.25) is 4.79 Å². The Labute approximate surface area is 146 Å². The molecule has 1 atom stereocenters. The minimum Gasteiger partial charge on any atom is -0.491 e. The minimum atomic E-state index is -0.851. The molecule has 0 fully saturated rings. The molecule has 6 nitrogen and oxygen atoms in total. The van der Waals surface area contributed by atoms with E-state index in [1.165, 1.54) is 31.1 Å². The highest BCUT2D eigenvalue weighted by molar-refractivity contribution is 6.32. The molecule has 1 amide bonds. The van der Waals surface area contributed by atoms with E-state index in [2.05, 4.69) is 0 Å². The molecule has 0 aliphatic rings. The molecule has 0 bridgehead atoms. The number of likely N-dealkylation sites (N-methyl/N-ethyl adjacent to an activating group) is 1. The zero-order valence-electron chi connectivity index (χ0n) is 14.5. The SMILES string of the molecule is CCOc1cc(/C=C/C(=O)O[C@@H](C)C(=O)N(C)C)cc(Cl)c1OC. The van der Waals surface area contributed by atoms with E-state index in [1.54, 1.807) is 26.2 Å². The lowest BCUT2D eigenvalue weighted by Crippen LogP contribution is -2.34. The number of methoxy groups -OCH3 is 1. The first kappa shape index (κ1) is 19.8. The molecule has 7 heteroatoms. The molecule has 0 aliphatic carbocycles. The second kappa shape index (κ2) is 9.17. The van der Waals surface area contributed by atoms with Crippen LogP contribution in [0.3, 0.4) is 0 Å². The van der Waals surface area contributed by atoms with E-state index in [1.807, 2.05) is 6.92 Å². The summed E-state index contributed by atoms with van der Waals surface area (Å²) in [4.78, 5) is 24.8. The fraction of sp³-hybridized carbons (Fsp3) is 0.412. The van der Waals surface area contributed by atoms with Crippen molar-refractivity contribution >= 4 is 29.6 Å². The third-order valence-corrected chi connectivity index (χ3v) is 3.31. The Hall–Kier alpha value is -2.21. The van der Waals surface area contributed by atoms with Crippen LogP contribution in [0.15, 0.2) is 18.2 Å². The van der Waals surface area contributed by atoms with Gasteiger partial charge in [0.25, 0.3) is 5.91 Å². The lowest BCUT2D eigenvalue weighted by atomic mass is 10.2. The minimum absolute atomic E-state index is 0.289. The van der Waals surface area contributed by atoms with Crippen LogP contribution in [0.4, 0.5) is 0 Å². The number of carbonyl (C=O) groups excluding carboxylic acids is 2. The quantitative estimate of drug-likeness (QED) is 0.556. The topological polar surface area (TPSA) is 65.1 Å². The van der Waals surface area contributed by atoms with Gasteiger partial charge in [0, 0.05) is 20.2 Å². The van der Waals surface area contributed by atoms with Crippen LogP contribution in [-0.4, -0.2) is 50.7 Å². The Morgan fingerprint density at radius 1 is 1.33 bits per heavy atom. The molecule has 0 unspecified atom stereocenters. The summed E-state index contributed by atoms with van der Waals surface area (Å²) in [6, 6.07) is 3.34. The van der Waals surface area contributed by atoms with Gasteiger partial charge >= 0.3 is 5.97 Å². The molecule has 0 aromatic heterocycles. The largest absolute Gasteiger partial charge is 0.491 e. The van der Waals surface area contributed by atoms with Crippen LogP contribution >= 0.6 is 11.6 Å². The zero-order chi connectivity index (χ0) is 18.3. The van der Waals surface area contributed by atoms with Crippen LogP contribution in [0.25, 0.3) is 6.08 Å². The second-order valence-electron chi connectivity index (χ2n) is 5.11. The smallest absolute Gasteiger partial charge is 0.331 e. The molecular formula is C17H22ClNO5. The highest BCUT2D eigenvalue weighted by atomic mass is 35.5. The maximum absolute atomic E-state index is 11.8. The Bertz CT molecular complexity index is 628. The summed E-state index contributed by atoms with van der Waals surface area (Å²) in [6.45, 7) is 3.81. The van der Waals surface area contributed by atoms with Gasteiger partial charge < -0.3 is 19.1 Å². The maximum Gasteiger partial charge on any atom is 0.331 e. The van der Waals surface area contributed by atoms with E-state index in [0.717, 1.165) is 0 Å². The van der Waals surface area contributed by atoms with Crippen molar-refractivity contribution in [3.63, 3.8) is 0 Å². The Morgan fingerprint density at radius 3 is 2.54 bits per heavy atom. The van der Waals surface area contributed by atoms with Gasteiger partial charge in [-0.05, 0) is 37.6 Å². The zero-order valence-corrected chi connectivity index (χ0v) is 15.2. The molecule has 1 rings (SSSR count). The van der Waals surface area contributed by atoms with Gasteiger partial charge in [-0.15, -0.1) is 0 Å². The number of nitrogens with zero attached hydrogens (tertiary/aromatic N) is 1. The fourth-order valence-electron chi connectivity index (χ4n) is 1.94. The van der Waals surface area contributed by atoms with Crippen LogP contribution < -0.4 is 9.47 Å². The van der Waals surface area contributed by atoms with E-state index in [4.69, 9.17) is 25.8 Å². The molecule has 0 radical (unpaired) electrons. The summed E-state index contributed by atoms with van der Waals surface area (Å²) >= 11 is 6.14. The molecule has 0 aliphatic heterocycles. The Morgan fingerprint density at radius 2 is 2.00 bits per heavy atom. The summed E-state index contributed by atoms with van der Waals surface area (Å²) in [5.74, 6) is 0.00518.